The van der Waals surface area contributed by atoms with Gasteiger partial charge >= 0.3 is 5.97 Å². The lowest BCUT2D eigenvalue weighted by molar-refractivity contribution is -0.142. The highest BCUT2D eigenvalue weighted by Crippen LogP contribution is 2.03. The van der Waals surface area contributed by atoms with Gasteiger partial charge in [0, 0.05) is 11.5 Å². The predicted octanol–water partition coefficient (Wildman–Crippen LogP) is -3.28. The number of carboxylic acids is 1. The Kier molecular flexibility index (Phi) is 13.9. The smallest absolute Gasteiger partial charge is 0.326 e. The van der Waals surface area contributed by atoms with E-state index >= 15 is 0 Å². The quantitative estimate of drug-likeness (QED) is 0.0877. The molecule has 10 N–H and O–H groups in total. The highest BCUT2D eigenvalue weighted by molar-refractivity contribution is 7.80. The molecular formula is C16H30N6O6S2. The van der Waals surface area contributed by atoms with Gasteiger partial charge in [-0.15, -0.1) is 0 Å². The summed E-state index contributed by atoms with van der Waals surface area (Å²) in [5.74, 6) is -4.63. The van der Waals surface area contributed by atoms with Crippen LogP contribution in [-0.4, -0.2) is 76.9 Å². The number of carbonyl (C=O) groups excluding carboxylic acids is 4. The number of hydrogen-bond donors (Lipinski definition) is 9. The summed E-state index contributed by atoms with van der Waals surface area (Å²) in [5, 5.41) is 16.2. The average molecular weight is 467 g/mol. The van der Waals surface area contributed by atoms with Crippen LogP contribution >= 0.6 is 25.3 Å². The molecule has 4 atom stereocenters. The van der Waals surface area contributed by atoms with Crippen molar-refractivity contribution in [2.45, 2.75) is 49.9 Å². The molecule has 4 unspecified atom stereocenters. The summed E-state index contributed by atoms with van der Waals surface area (Å²) in [4.78, 5) is 59.5. The molecule has 0 rings (SSSR count). The third kappa shape index (κ3) is 10.7. The number of rotatable bonds is 15. The summed E-state index contributed by atoms with van der Waals surface area (Å²) < 4.78 is 0. The highest BCUT2D eigenvalue weighted by atomic mass is 32.1. The number of aliphatic carboxylic acids is 1. The molecule has 0 radical (unpaired) electrons. The fraction of sp³-hybridized carbons (Fsp3) is 0.688. The van der Waals surface area contributed by atoms with Gasteiger partial charge in [0.15, 0.2) is 0 Å². The Labute approximate surface area is 185 Å². The minimum absolute atomic E-state index is 0.0418. The van der Waals surface area contributed by atoms with Gasteiger partial charge in [0.05, 0.1) is 12.5 Å². The van der Waals surface area contributed by atoms with Crippen LogP contribution in [0.3, 0.4) is 0 Å². The predicted molar refractivity (Wildman–Crippen MR) is 116 cm³/mol. The Morgan fingerprint density at radius 2 is 1.37 bits per heavy atom. The number of amides is 4. The maximum Gasteiger partial charge on any atom is 0.326 e. The average Bonchev–Trinajstić information content (AvgIpc) is 2.69. The van der Waals surface area contributed by atoms with Crippen molar-refractivity contribution in [3.8, 4) is 0 Å². The molecule has 0 spiro atoms. The standard InChI is InChI=1S/C16H30N6O6S2/c17-4-2-1-3-9(16(27)28)20-14(25)10(5-12(19)23)21-15(26)11(7-30)22-13(24)8(18)6-29/h8-11,29-30H,1-7,17-18H2,(H2,19,23)(H,20,25)(H,21,26)(H,22,24)(H,27,28). The topological polar surface area (TPSA) is 220 Å². The largest absolute Gasteiger partial charge is 0.480 e. The zero-order valence-electron chi connectivity index (χ0n) is 16.4. The Morgan fingerprint density at radius 3 is 1.83 bits per heavy atom. The maximum absolute atomic E-state index is 12.5. The first-order valence-electron chi connectivity index (χ1n) is 9.16. The van der Waals surface area contributed by atoms with Crippen LogP contribution in [-0.2, 0) is 24.0 Å². The van der Waals surface area contributed by atoms with Crippen LogP contribution in [0.2, 0.25) is 0 Å². The van der Waals surface area contributed by atoms with Gasteiger partial charge in [0.2, 0.25) is 23.6 Å². The van der Waals surface area contributed by atoms with Crippen molar-refractivity contribution in [3.63, 3.8) is 0 Å². The first-order chi connectivity index (χ1) is 14.1. The van der Waals surface area contributed by atoms with E-state index in [0.29, 0.717) is 19.4 Å². The van der Waals surface area contributed by atoms with Crippen molar-refractivity contribution in [1.82, 2.24) is 16.0 Å². The van der Waals surface area contributed by atoms with E-state index in [4.69, 9.17) is 17.2 Å². The van der Waals surface area contributed by atoms with Crippen LogP contribution in [0.15, 0.2) is 0 Å². The summed E-state index contributed by atoms with van der Waals surface area (Å²) in [5.41, 5.74) is 16.0. The molecule has 0 aromatic carbocycles. The summed E-state index contributed by atoms with van der Waals surface area (Å²) >= 11 is 7.88. The summed E-state index contributed by atoms with van der Waals surface area (Å²) in [6, 6.07) is -4.79. The molecule has 0 fully saturated rings. The fourth-order valence-electron chi connectivity index (χ4n) is 2.26. The van der Waals surface area contributed by atoms with Gasteiger partial charge in [-0.1, -0.05) is 0 Å². The molecule has 0 bridgehead atoms. The molecule has 12 nitrogen and oxygen atoms in total. The lowest BCUT2D eigenvalue weighted by atomic mass is 10.1. The van der Waals surface area contributed by atoms with Gasteiger partial charge in [-0.3, -0.25) is 19.2 Å². The van der Waals surface area contributed by atoms with Crippen LogP contribution in [0.5, 0.6) is 0 Å². The number of carboxylic acid groups (broad SMARTS) is 1. The normalized spacial score (nSPS) is 14.7. The molecule has 0 aliphatic rings. The van der Waals surface area contributed by atoms with Crippen LogP contribution in [0.1, 0.15) is 25.7 Å². The number of carbonyl (C=O) groups is 5. The Bertz CT molecular complexity index is 623. The van der Waals surface area contributed by atoms with Crippen LogP contribution in [0.25, 0.3) is 0 Å². The second-order valence-electron chi connectivity index (χ2n) is 6.45. The highest BCUT2D eigenvalue weighted by Gasteiger charge is 2.30. The monoisotopic (exact) mass is 466 g/mol. The molecule has 0 aromatic heterocycles. The van der Waals surface area contributed by atoms with Crippen molar-refractivity contribution in [3.05, 3.63) is 0 Å². The molecule has 0 aliphatic carbocycles. The van der Waals surface area contributed by atoms with Crippen molar-refractivity contribution in [1.29, 1.82) is 0 Å². The summed E-state index contributed by atoms with van der Waals surface area (Å²) in [6.07, 6.45) is 0.571. The lowest BCUT2D eigenvalue weighted by Gasteiger charge is -2.24. The number of nitrogens with one attached hydrogen (secondary N) is 3. The Balaban J connectivity index is 5.20. The van der Waals surface area contributed by atoms with E-state index in [0.717, 1.165) is 0 Å². The molecular weight excluding hydrogens is 436 g/mol. The number of nitrogens with two attached hydrogens (primary N) is 3. The minimum Gasteiger partial charge on any atom is -0.480 e. The van der Waals surface area contributed by atoms with E-state index in [1.807, 2.05) is 0 Å². The van der Waals surface area contributed by atoms with Crippen LogP contribution in [0, 0.1) is 0 Å². The first-order valence-corrected chi connectivity index (χ1v) is 10.4. The number of unbranched alkanes of at least 4 members (excludes halogenated alkanes) is 1. The third-order valence-corrected chi connectivity index (χ3v) is 4.71. The van der Waals surface area contributed by atoms with E-state index in [9.17, 15) is 29.1 Å². The molecule has 30 heavy (non-hydrogen) atoms. The molecule has 14 heteroatoms. The first kappa shape index (κ1) is 28.0. The zero-order valence-corrected chi connectivity index (χ0v) is 18.2. The number of hydrogen-bond acceptors (Lipinski definition) is 9. The maximum atomic E-state index is 12.5. The van der Waals surface area contributed by atoms with Crippen LogP contribution < -0.4 is 33.2 Å². The second kappa shape index (κ2) is 14.9. The van der Waals surface area contributed by atoms with Gasteiger partial charge in [-0.25, -0.2) is 4.79 Å². The Hall–Kier alpha value is -2.03. The Morgan fingerprint density at radius 1 is 0.833 bits per heavy atom. The van der Waals surface area contributed by atoms with Gasteiger partial charge in [0.1, 0.15) is 18.1 Å². The summed E-state index contributed by atoms with van der Waals surface area (Å²) in [7, 11) is 0. The van der Waals surface area contributed by atoms with E-state index in [1.54, 1.807) is 0 Å². The van der Waals surface area contributed by atoms with E-state index in [1.165, 1.54) is 0 Å². The molecule has 0 saturated carbocycles. The van der Waals surface area contributed by atoms with E-state index in [-0.39, 0.29) is 17.9 Å². The summed E-state index contributed by atoms with van der Waals surface area (Å²) in [6.45, 7) is 0.369. The number of primary amides is 1. The van der Waals surface area contributed by atoms with Gasteiger partial charge < -0.3 is 38.3 Å². The van der Waals surface area contributed by atoms with Crippen LogP contribution in [0.4, 0.5) is 0 Å². The van der Waals surface area contributed by atoms with Gasteiger partial charge in [-0.05, 0) is 25.8 Å². The van der Waals surface area contributed by atoms with Crippen molar-refractivity contribution < 1.29 is 29.1 Å². The molecule has 0 aliphatic heterocycles. The van der Waals surface area contributed by atoms with E-state index in [2.05, 4.69) is 41.2 Å². The zero-order chi connectivity index (χ0) is 23.3. The number of thiol groups is 2. The van der Waals surface area contributed by atoms with E-state index < -0.39 is 60.2 Å². The van der Waals surface area contributed by atoms with Crippen molar-refractivity contribution in [2.75, 3.05) is 18.1 Å². The molecule has 0 heterocycles. The lowest BCUT2D eigenvalue weighted by Crippen LogP contribution is -2.58. The third-order valence-electron chi connectivity index (χ3n) is 3.95. The molecule has 172 valence electrons. The van der Waals surface area contributed by atoms with Gasteiger partial charge in [0.25, 0.3) is 0 Å². The molecule has 4 amide bonds. The van der Waals surface area contributed by atoms with Crippen molar-refractivity contribution in [2.24, 2.45) is 17.2 Å². The minimum atomic E-state index is -1.44. The van der Waals surface area contributed by atoms with Gasteiger partial charge in [-0.2, -0.15) is 25.3 Å². The fourth-order valence-corrected chi connectivity index (χ4v) is 2.68. The molecule has 0 aromatic rings. The molecule has 0 saturated heterocycles. The second-order valence-corrected chi connectivity index (χ2v) is 7.18. The van der Waals surface area contributed by atoms with Crippen molar-refractivity contribution >= 4 is 54.9 Å². The SMILES string of the molecule is NCCCCC(NC(=O)C(CC(N)=O)NC(=O)C(CS)NC(=O)C(N)CS)C(=O)O.